The fraction of sp³-hybridized carbons (Fsp3) is 0.320. The van der Waals surface area contributed by atoms with Crippen molar-refractivity contribution in [2.24, 2.45) is 0 Å². The van der Waals surface area contributed by atoms with Crippen LogP contribution in [0.25, 0.3) is 5.69 Å². The molecule has 0 bridgehead atoms. The second kappa shape index (κ2) is 7.89. The van der Waals surface area contributed by atoms with Gasteiger partial charge in [-0.2, -0.15) is 5.10 Å². The van der Waals surface area contributed by atoms with Gasteiger partial charge in [-0.05, 0) is 63.1 Å². The zero-order valence-electron chi connectivity index (χ0n) is 18.2. The van der Waals surface area contributed by atoms with Crippen LogP contribution in [-0.4, -0.2) is 50.5 Å². The van der Waals surface area contributed by atoms with Gasteiger partial charge in [0, 0.05) is 30.3 Å². The average Bonchev–Trinajstić information content (AvgIpc) is 3.30. The molecule has 0 radical (unpaired) electrons. The maximum Gasteiger partial charge on any atom is 0.273 e. The van der Waals surface area contributed by atoms with E-state index in [1.807, 2.05) is 42.2 Å². The molecular formula is C25H25FN4O2. The van der Waals surface area contributed by atoms with Gasteiger partial charge in [0.1, 0.15) is 11.5 Å². The highest BCUT2D eigenvalue weighted by Crippen LogP contribution is 2.40. The summed E-state index contributed by atoms with van der Waals surface area (Å²) in [5.74, 6) is -0.450. The summed E-state index contributed by atoms with van der Waals surface area (Å²) in [5.41, 5.74) is 3.87. The van der Waals surface area contributed by atoms with Crippen LogP contribution in [-0.2, 0) is 0 Å². The summed E-state index contributed by atoms with van der Waals surface area (Å²) < 4.78 is 14.9. The number of halogens is 1. The molecule has 0 saturated carbocycles. The van der Waals surface area contributed by atoms with Crippen LogP contribution < -0.4 is 0 Å². The average molecular weight is 432 g/mol. The third-order valence-corrected chi connectivity index (χ3v) is 6.62. The lowest BCUT2D eigenvalue weighted by atomic mass is 10.0. The molecule has 1 saturated heterocycles. The fourth-order valence-corrected chi connectivity index (χ4v) is 5.04. The first-order valence-electron chi connectivity index (χ1n) is 11.0. The van der Waals surface area contributed by atoms with Crippen LogP contribution >= 0.6 is 0 Å². The van der Waals surface area contributed by atoms with Crippen LogP contribution in [0.3, 0.4) is 0 Å². The van der Waals surface area contributed by atoms with Crippen LogP contribution in [0.15, 0.2) is 54.6 Å². The molecule has 1 aromatic heterocycles. The molecule has 2 aliphatic rings. The van der Waals surface area contributed by atoms with Gasteiger partial charge >= 0.3 is 0 Å². The summed E-state index contributed by atoms with van der Waals surface area (Å²) in [7, 11) is 0. The second-order valence-electron chi connectivity index (χ2n) is 8.51. The largest absolute Gasteiger partial charge is 0.338 e. The van der Waals surface area contributed by atoms with Gasteiger partial charge in [-0.25, -0.2) is 9.07 Å². The van der Waals surface area contributed by atoms with E-state index in [0.29, 0.717) is 37.2 Å². The number of fused-ring (bicyclic) bond motifs is 1. The zero-order chi connectivity index (χ0) is 22.4. The van der Waals surface area contributed by atoms with E-state index in [-0.39, 0.29) is 29.7 Å². The van der Waals surface area contributed by atoms with Crippen molar-refractivity contribution in [1.29, 1.82) is 0 Å². The van der Waals surface area contributed by atoms with Gasteiger partial charge in [0.25, 0.3) is 11.8 Å². The summed E-state index contributed by atoms with van der Waals surface area (Å²) in [6, 6.07) is 15.4. The predicted octanol–water partition coefficient (Wildman–Crippen LogP) is 4.14. The fourth-order valence-electron chi connectivity index (χ4n) is 5.04. The number of aromatic nitrogens is 2. The van der Waals surface area contributed by atoms with Gasteiger partial charge < -0.3 is 9.80 Å². The molecule has 1 atom stereocenters. The minimum absolute atomic E-state index is 0.000245. The minimum Gasteiger partial charge on any atom is -0.338 e. The van der Waals surface area contributed by atoms with Crippen molar-refractivity contribution in [3.63, 3.8) is 0 Å². The first-order valence-corrected chi connectivity index (χ1v) is 11.0. The van der Waals surface area contributed by atoms with Crippen LogP contribution in [0.5, 0.6) is 0 Å². The molecule has 1 fully saturated rings. The van der Waals surface area contributed by atoms with E-state index in [2.05, 4.69) is 12.0 Å². The van der Waals surface area contributed by atoms with E-state index >= 15 is 0 Å². The number of nitrogens with zero attached hydrogens (tertiary/aromatic N) is 4. The van der Waals surface area contributed by atoms with E-state index in [0.717, 1.165) is 16.9 Å². The number of rotatable bonds is 3. The van der Waals surface area contributed by atoms with Gasteiger partial charge in [0.2, 0.25) is 0 Å². The minimum atomic E-state index is -0.356. The van der Waals surface area contributed by atoms with Gasteiger partial charge in [0.15, 0.2) is 0 Å². The highest BCUT2D eigenvalue weighted by Gasteiger charge is 2.44. The molecule has 3 aromatic rings. The van der Waals surface area contributed by atoms with E-state index in [9.17, 15) is 14.0 Å². The zero-order valence-corrected chi connectivity index (χ0v) is 18.2. The lowest BCUT2D eigenvalue weighted by molar-refractivity contribution is 0.0470. The number of para-hydroxylation sites is 1. The number of likely N-dealkylation sites (tertiary alicyclic amines) is 1. The van der Waals surface area contributed by atoms with Crippen molar-refractivity contribution in [1.82, 2.24) is 19.6 Å². The summed E-state index contributed by atoms with van der Waals surface area (Å²) in [6.07, 6.45) is 1.43. The van der Waals surface area contributed by atoms with Crippen LogP contribution in [0, 0.1) is 12.7 Å². The van der Waals surface area contributed by atoms with Gasteiger partial charge in [0.05, 0.1) is 17.4 Å². The number of hydrogen-bond acceptors (Lipinski definition) is 3. The predicted molar refractivity (Wildman–Crippen MR) is 118 cm³/mol. The first-order chi connectivity index (χ1) is 15.5. The molecule has 1 unspecified atom stereocenters. The van der Waals surface area contributed by atoms with Crippen LogP contribution in [0.1, 0.15) is 57.9 Å². The monoisotopic (exact) mass is 432 g/mol. The van der Waals surface area contributed by atoms with E-state index in [4.69, 9.17) is 0 Å². The Hall–Kier alpha value is -3.48. The molecule has 2 aromatic carbocycles. The molecule has 0 N–H and O–H groups in total. The number of carbonyl (C=O) groups excluding carboxylic acids is 2. The molecule has 6 nitrogen and oxygen atoms in total. The Balaban J connectivity index is 1.34. The van der Waals surface area contributed by atoms with Crippen LogP contribution in [0.2, 0.25) is 0 Å². The Kier molecular flexibility index (Phi) is 5.04. The van der Waals surface area contributed by atoms with Gasteiger partial charge in [-0.3, -0.25) is 9.59 Å². The van der Waals surface area contributed by atoms with Crippen molar-refractivity contribution in [2.75, 3.05) is 13.1 Å². The number of benzene rings is 2. The molecule has 164 valence electrons. The van der Waals surface area contributed by atoms with Crippen molar-refractivity contribution in [3.05, 3.63) is 82.9 Å². The molecule has 2 aliphatic heterocycles. The Morgan fingerprint density at radius 1 is 1.03 bits per heavy atom. The first kappa shape index (κ1) is 20.4. The maximum absolute atomic E-state index is 13.5. The van der Waals surface area contributed by atoms with Crippen molar-refractivity contribution >= 4 is 11.8 Å². The standard InChI is InChI=1S/C25H25FN4O2/c1-16-22-17(2)29(25(32)23(22)30(27-16)21-6-4-3-5-7-21)20-12-14-28(15-13-20)24(31)18-8-10-19(26)11-9-18/h3-11,17,20H,12-15H2,1-2H3. The lowest BCUT2D eigenvalue weighted by Crippen LogP contribution is -2.47. The highest BCUT2D eigenvalue weighted by molar-refractivity contribution is 5.99. The third-order valence-electron chi connectivity index (χ3n) is 6.62. The number of piperidine rings is 1. The Labute approximate surface area is 186 Å². The lowest BCUT2D eigenvalue weighted by Gasteiger charge is -2.39. The maximum atomic E-state index is 13.5. The molecule has 32 heavy (non-hydrogen) atoms. The quantitative estimate of drug-likeness (QED) is 0.625. The summed E-state index contributed by atoms with van der Waals surface area (Å²) in [4.78, 5) is 30.1. The second-order valence-corrected chi connectivity index (χ2v) is 8.51. The van der Waals surface area contributed by atoms with Crippen molar-refractivity contribution in [3.8, 4) is 5.69 Å². The van der Waals surface area contributed by atoms with Gasteiger partial charge in [-0.1, -0.05) is 18.2 Å². The summed E-state index contributed by atoms with van der Waals surface area (Å²) in [5, 5.41) is 4.65. The Morgan fingerprint density at radius 3 is 2.34 bits per heavy atom. The molecule has 3 heterocycles. The third kappa shape index (κ3) is 3.28. The highest BCUT2D eigenvalue weighted by atomic mass is 19.1. The molecule has 2 amide bonds. The smallest absolute Gasteiger partial charge is 0.273 e. The van der Waals surface area contributed by atoms with E-state index < -0.39 is 0 Å². The van der Waals surface area contributed by atoms with Crippen molar-refractivity contribution < 1.29 is 14.0 Å². The van der Waals surface area contributed by atoms with Crippen LogP contribution in [0.4, 0.5) is 4.39 Å². The SMILES string of the molecule is Cc1nn(-c2ccccc2)c2c1C(C)N(C1CCN(C(=O)c3ccc(F)cc3)CC1)C2=O. The molecule has 5 rings (SSSR count). The molecule has 0 aliphatic carbocycles. The normalized spacial score (nSPS) is 18.8. The molecule has 0 spiro atoms. The Bertz CT molecular complexity index is 1160. The summed E-state index contributed by atoms with van der Waals surface area (Å²) >= 11 is 0. The number of amides is 2. The number of hydrogen-bond donors (Lipinski definition) is 0. The molecule has 7 heteroatoms. The van der Waals surface area contributed by atoms with Crippen molar-refractivity contribution in [2.45, 2.75) is 38.8 Å². The number of carbonyl (C=O) groups is 2. The molecular weight excluding hydrogens is 407 g/mol. The topological polar surface area (TPSA) is 58.4 Å². The summed E-state index contributed by atoms with van der Waals surface area (Å²) in [6.45, 7) is 5.15. The van der Waals surface area contributed by atoms with E-state index in [1.54, 1.807) is 9.58 Å². The Morgan fingerprint density at radius 2 is 1.69 bits per heavy atom. The van der Waals surface area contributed by atoms with E-state index in [1.165, 1.54) is 24.3 Å². The number of aryl methyl sites for hydroxylation is 1. The van der Waals surface area contributed by atoms with Gasteiger partial charge in [-0.15, -0.1) is 0 Å².